The third-order valence-electron chi connectivity index (χ3n) is 4.18. The minimum absolute atomic E-state index is 0.179. The van der Waals surface area contributed by atoms with Crippen molar-refractivity contribution in [3.8, 4) is 5.69 Å². The maximum atomic E-state index is 12.2. The van der Waals surface area contributed by atoms with Crippen LogP contribution in [-0.4, -0.2) is 27.8 Å². The van der Waals surface area contributed by atoms with Crippen LogP contribution in [0.25, 0.3) is 16.7 Å². The van der Waals surface area contributed by atoms with Crippen LogP contribution in [0.5, 0.6) is 0 Å². The van der Waals surface area contributed by atoms with E-state index in [0.29, 0.717) is 11.3 Å². The third kappa shape index (κ3) is 3.41. The first kappa shape index (κ1) is 17.3. The number of nitrogens with one attached hydrogen (secondary N) is 1. The molecule has 138 valence electrons. The van der Waals surface area contributed by atoms with Crippen molar-refractivity contribution in [3.63, 3.8) is 0 Å². The van der Waals surface area contributed by atoms with Crippen molar-refractivity contribution >= 4 is 29.1 Å². The van der Waals surface area contributed by atoms with Crippen molar-refractivity contribution in [2.24, 2.45) is 5.10 Å². The van der Waals surface area contributed by atoms with Crippen molar-refractivity contribution in [2.45, 2.75) is 0 Å². The maximum Gasteiger partial charge on any atom is 0.335 e. The van der Waals surface area contributed by atoms with Gasteiger partial charge in [0.05, 0.1) is 17.5 Å². The molecule has 0 aliphatic heterocycles. The molecule has 0 bridgehead atoms. The number of hydrazone groups is 1. The smallest absolute Gasteiger partial charge is 0.335 e. The molecule has 7 nitrogen and oxygen atoms in total. The highest BCUT2D eigenvalue weighted by Crippen LogP contribution is 2.18. The average molecular weight is 373 g/mol. The number of carbonyl (C=O) groups is 2. The number of para-hydroxylation sites is 1. The summed E-state index contributed by atoms with van der Waals surface area (Å²) >= 11 is 0. The number of carboxylic acids is 1. The van der Waals surface area contributed by atoms with E-state index in [1.165, 1.54) is 18.3 Å². The van der Waals surface area contributed by atoms with E-state index < -0.39 is 11.9 Å². The summed E-state index contributed by atoms with van der Waals surface area (Å²) in [6.45, 7) is 0. The summed E-state index contributed by atoms with van der Waals surface area (Å²) < 4.78 is 7.32. The molecule has 0 fully saturated rings. The molecule has 0 saturated carbocycles. The average Bonchev–Trinajstić information content (AvgIpc) is 3.35. The minimum Gasteiger partial charge on any atom is -0.478 e. The number of hydrogen-bond acceptors (Lipinski definition) is 4. The van der Waals surface area contributed by atoms with Gasteiger partial charge >= 0.3 is 11.9 Å². The first-order valence-electron chi connectivity index (χ1n) is 8.45. The summed E-state index contributed by atoms with van der Waals surface area (Å²) in [5.74, 6) is -1.25. The number of carboxylic acid groups (broad SMARTS) is 1. The quantitative estimate of drug-likeness (QED) is 0.412. The van der Waals surface area contributed by atoms with Crippen LogP contribution < -0.4 is 5.43 Å². The Morgan fingerprint density at radius 1 is 1.04 bits per heavy atom. The standard InChI is InChI=1S/C21H15N3O4/c25-20(19-12-15-4-1-2-6-18(15)28-19)23-22-13-17-5-3-11-24(17)16-9-7-14(8-10-16)21(26)27/h1-13H,(H,23,25)(H,26,27). The molecule has 0 atom stereocenters. The van der Waals surface area contributed by atoms with Crippen LogP contribution in [-0.2, 0) is 0 Å². The van der Waals surface area contributed by atoms with Gasteiger partial charge in [0.15, 0.2) is 5.76 Å². The van der Waals surface area contributed by atoms with E-state index in [0.717, 1.165) is 11.1 Å². The molecular weight excluding hydrogens is 358 g/mol. The number of nitrogens with zero attached hydrogens (tertiary/aromatic N) is 2. The maximum absolute atomic E-state index is 12.2. The number of hydrogen-bond donors (Lipinski definition) is 2. The van der Waals surface area contributed by atoms with Crippen LogP contribution in [0.1, 0.15) is 26.6 Å². The number of benzene rings is 2. The molecule has 0 spiro atoms. The summed E-state index contributed by atoms with van der Waals surface area (Å²) in [5.41, 5.74) is 4.79. The molecule has 0 aliphatic rings. The molecule has 4 rings (SSSR count). The van der Waals surface area contributed by atoms with Gasteiger partial charge in [-0.25, -0.2) is 10.2 Å². The number of carbonyl (C=O) groups excluding carboxylic acids is 1. The normalized spacial score (nSPS) is 11.1. The fourth-order valence-electron chi connectivity index (χ4n) is 2.80. The molecule has 2 N–H and O–H groups in total. The van der Waals surface area contributed by atoms with Gasteiger partial charge in [0.2, 0.25) is 0 Å². The minimum atomic E-state index is -0.978. The van der Waals surface area contributed by atoms with Crippen LogP contribution in [0.4, 0.5) is 0 Å². The third-order valence-corrected chi connectivity index (χ3v) is 4.18. The summed E-state index contributed by atoms with van der Waals surface area (Å²) in [6, 6.07) is 19.1. The van der Waals surface area contributed by atoms with Crippen molar-refractivity contribution in [1.29, 1.82) is 0 Å². The van der Waals surface area contributed by atoms with E-state index in [9.17, 15) is 9.59 Å². The van der Waals surface area contributed by atoms with Gasteiger partial charge in [-0.05, 0) is 48.5 Å². The number of aromatic nitrogens is 1. The van der Waals surface area contributed by atoms with E-state index in [1.807, 2.05) is 41.1 Å². The second-order valence-corrected chi connectivity index (χ2v) is 6.00. The fourth-order valence-corrected chi connectivity index (χ4v) is 2.80. The van der Waals surface area contributed by atoms with E-state index >= 15 is 0 Å². The zero-order valence-electron chi connectivity index (χ0n) is 14.6. The Morgan fingerprint density at radius 3 is 2.57 bits per heavy atom. The first-order valence-corrected chi connectivity index (χ1v) is 8.45. The van der Waals surface area contributed by atoms with Gasteiger partial charge in [-0.3, -0.25) is 4.79 Å². The highest BCUT2D eigenvalue weighted by atomic mass is 16.4. The lowest BCUT2D eigenvalue weighted by atomic mass is 10.2. The molecule has 1 amide bonds. The molecule has 0 aliphatic carbocycles. The lowest BCUT2D eigenvalue weighted by Gasteiger charge is -2.06. The van der Waals surface area contributed by atoms with Crippen molar-refractivity contribution in [1.82, 2.24) is 9.99 Å². The summed E-state index contributed by atoms with van der Waals surface area (Å²) in [6.07, 6.45) is 3.32. The number of aromatic carboxylic acids is 1. The molecule has 0 radical (unpaired) electrons. The van der Waals surface area contributed by atoms with E-state index in [-0.39, 0.29) is 11.3 Å². The Hall–Kier alpha value is -4.13. The van der Waals surface area contributed by atoms with Gasteiger partial charge in [0, 0.05) is 17.3 Å². The van der Waals surface area contributed by atoms with E-state index in [4.69, 9.17) is 9.52 Å². The Bertz CT molecular complexity index is 1150. The van der Waals surface area contributed by atoms with Gasteiger partial charge in [-0.2, -0.15) is 5.10 Å². The lowest BCUT2D eigenvalue weighted by molar-refractivity contribution is 0.0696. The Labute approximate surface area is 159 Å². The zero-order valence-corrected chi connectivity index (χ0v) is 14.6. The Balaban J connectivity index is 1.49. The predicted molar refractivity (Wildman–Crippen MR) is 104 cm³/mol. The summed E-state index contributed by atoms with van der Waals surface area (Å²) in [7, 11) is 0. The monoisotopic (exact) mass is 373 g/mol. The van der Waals surface area contributed by atoms with Crippen LogP contribution in [0.15, 0.2) is 82.4 Å². The van der Waals surface area contributed by atoms with Crippen molar-refractivity contribution in [2.75, 3.05) is 0 Å². The highest BCUT2D eigenvalue weighted by Gasteiger charge is 2.11. The van der Waals surface area contributed by atoms with Crippen molar-refractivity contribution in [3.05, 3.63) is 89.9 Å². The van der Waals surface area contributed by atoms with E-state index in [1.54, 1.807) is 24.3 Å². The van der Waals surface area contributed by atoms with Crippen LogP contribution in [0, 0.1) is 0 Å². The number of furan rings is 1. The molecule has 2 heterocycles. The summed E-state index contributed by atoms with van der Waals surface area (Å²) in [5, 5.41) is 13.8. The molecule has 0 saturated heterocycles. The van der Waals surface area contributed by atoms with Gasteiger partial charge in [0.1, 0.15) is 5.58 Å². The predicted octanol–water partition coefficient (Wildman–Crippen LogP) is 3.69. The number of fused-ring (bicyclic) bond motifs is 1. The second-order valence-electron chi connectivity index (χ2n) is 6.00. The molecule has 0 unspecified atom stereocenters. The largest absolute Gasteiger partial charge is 0.478 e. The van der Waals surface area contributed by atoms with Gasteiger partial charge in [0.25, 0.3) is 0 Å². The SMILES string of the molecule is O=C(O)c1ccc(-n2cccc2C=NNC(=O)c2cc3ccccc3o2)cc1. The van der Waals surface area contributed by atoms with E-state index in [2.05, 4.69) is 10.5 Å². The number of amides is 1. The molecule has 4 aromatic rings. The van der Waals surface area contributed by atoms with Gasteiger partial charge in [-0.15, -0.1) is 0 Å². The Kier molecular flexibility index (Phi) is 4.47. The number of rotatable bonds is 5. The van der Waals surface area contributed by atoms with Crippen LogP contribution in [0.3, 0.4) is 0 Å². The first-order chi connectivity index (χ1) is 13.6. The summed E-state index contributed by atoms with van der Waals surface area (Å²) in [4.78, 5) is 23.2. The van der Waals surface area contributed by atoms with Crippen LogP contribution in [0.2, 0.25) is 0 Å². The fraction of sp³-hybridized carbons (Fsp3) is 0. The molecular formula is C21H15N3O4. The topological polar surface area (TPSA) is 96.8 Å². The van der Waals surface area contributed by atoms with Gasteiger partial charge in [-0.1, -0.05) is 18.2 Å². The molecule has 2 aromatic heterocycles. The van der Waals surface area contributed by atoms with Crippen LogP contribution >= 0.6 is 0 Å². The lowest BCUT2D eigenvalue weighted by Crippen LogP contribution is -2.17. The molecule has 7 heteroatoms. The van der Waals surface area contributed by atoms with Gasteiger partial charge < -0.3 is 14.1 Å². The highest BCUT2D eigenvalue weighted by molar-refractivity contribution is 5.96. The molecule has 28 heavy (non-hydrogen) atoms. The Morgan fingerprint density at radius 2 is 1.82 bits per heavy atom. The second kappa shape index (κ2) is 7.24. The van der Waals surface area contributed by atoms with Crippen molar-refractivity contribution < 1.29 is 19.1 Å². The zero-order chi connectivity index (χ0) is 19.5. The molecule has 2 aromatic carbocycles.